The number of ether oxygens (including phenoxy) is 2. The minimum Gasteiger partial charge on any atom is -0.486 e. The number of carbonyl (C=O) groups excluding carboxylic acids is 2. The van der Waals surface area contributed by atoms with E-state index in [1.165, 1.54) is 5.56 Å². The highest BCUT2D eigenvalue weighted by molar-refractivity contribution is 6.01. The Hall–Kier alpha value is -3.06. The molecule has 0 unspecified atom stereocenters. The number of nitrogens with zero attached hydrogens (tertiary/aromatic N) is 1. The van der Waals surface area contributed by atoms with Crippen molar-refractivity contribution in [2.24, 2.45) is 5.92 Å². The highest BCUT2D eigenvalue weighted by atomic mass is 16.6. The molecule has 0 atom stereocenters. The number of fused-ring (bicyclic) bond motifs is 1. The Morgan fingerprint density at radius 1 is 0.967 bits per heavy atom. The van der Waals surface area contributed by atoms with Gasteiger partial charge >= 0.3 is 6.03 Å². The molecule has 2 aliphatic rings. The summed E-state index contributed by atoms with van der Waals surface area (Å²) < 4.78 is 11.0. The van der Waals surface area contributed by atoms with Gasteiger partial charge in [0.25, 0.3) is 0 Å². The average Bonchev–Trinajstić information content (AvgIpc) is 2.75. The van der Waals surface area contributed by atoms with Gasteiger partial charge in [-0.15, -0.1) is 0 Å². The summed E-state index contributed by atoms with van der Waals surface area (Å²) >= 11 is 0. The third-order valence-corrected chi connectivity index (χ3v) is 5.49. The number of rotatable bonds is 5. The van der Waals surface area contributed by atoms with E-state index in [2.05, 4.69) is 39.8 Å². The second kappa shape index (κ2) is 9.63. The Bertz CT molecular complexity index is 879. The van der Waals surface area contributed by atoms with E-state index in [0.717, 1.165) is 32.4 Å². The molecule has 2 heterocycles. The fraction of sp³-hybridized carbons (Fsp3) is 0.391. The number of hydrogen-bond acceptors (Lipinski definition) is 5. The van der Waals surface area contributed by atoms with Gasteiger partial charge in [-0.3, -0.25) is 15.0 Å². The van der Waals surface area contributed by atoms with Gasteiger partial charge < -0.3 is 14.8 Å². The van der Waals surface area contributed by atoms with E-state index in [1.54, 1.807) is 18.2 Å². The van der Waals surface area contributed by atoms with Crippen LogP contribution in [0.15, 0.2) is 48.5 Å². The Balaban J connectivity index is 1.19. The van der Waals surface area contributed by atoms with Crippen LogP contribution in [0.25, 0.3) is 0 Å². The Kier molecular flexibility index (Phi) is 6.49. The van der Waals surface area contributed by atoms with Gasteiger partial charge in [-0.2, -0.15) is 0 Å². The number of benzene rings is 2. The number of likely N-dealkylation sites (tertiary alicyclic amines) is 1. The molecule has 2 N–H and O–H groups in total. The first-order valence-corrected chi connectivity index (χ1v) is 10.4. The Labute approximate surface area is 176 Å². The van der Waals surface area contributed by atoms with Gasteiger partial charge in [0, 0.05) is 11.8 Å². The predicted octanol–water partition coefficient (Wildman–Crippen LogP) is 3.06. The van der Waals surface area contributed by atoms with Gasteiger partial charge in [-0.25, -0.2) is 4.79 Å². The molecule has 0 aromatic heterocycles. The Morgan fingerprint density at radius 3 is 2.47 bits per heavy atom. The first-order valence-electron chi connectivity index (χ1n) is 10.4. The number of piperidine rings is 1. The molecule has 0 spiro atoms. The van der Waals surface area contributed by atoms with Gasteiger partial charge in [0.1, 0.15) is 13.2 Å². The zero-order chi connectivity index (χ0) is 20.8. The molecule has 158 valence electrons. The van der Waals surface area contributed by atoms with Crippen LogP contribution >= 0.6 is 0 Å². The third kappa shape index (κ3) is 5.51. The third-order valence-electron chi connectivity index (χ3n) is 5.49. The van der Waals surface area contributed by atoms with Crippen LogP contribution < -0.4 is 20.1 Å². The summed E-state index contributed by atoms with van der Waals surface area (Å²) in [5.41, 5.74) is 1.91. The van der Waals surface area contributed by atoms with E-state index in [9.17, 15) is 9.59 Å². The maximum Gasteiger partial charge on any atom is 0.325 e. The first kappa shape index (κ1) is 20.2. The zero-order valence-corrected chi connectivity index (χ0v) is 16.9. The standard InChI is InChI=1S/C23H27N3O4/c27-22(16-26-10-8-18(9-11-26)14-17-4-2-1-3-5-17)25-23(28)24-19-6-7-20-21(15-19)30-13-12-29-20/h1-7,15,18H,8-14,16H2,(H2,24,25,27,28). The fourth-order valence-electron chi connectivity index (χ4n) is 3.95. The van der Waals surface area contributed by atoms with Gasteiger partial charge in [0.2, 0.25) is 5.91 Å². The Morgan fingerprint density at radius 2 is 1.70 bits per heavy atom. The van der Waals surface area contributed by atoms with Gasteiger partial charge in [0.15, 0.2) is 11.5 Å². The van der Waals surface area contributed by atoms with Crippen molar-refractivity contribution in [3.8, 4) is 11.5 Å². The smallest absolute Gasteiger partial charge is 0.325 e. The number of urea groups is 1. The molecule has 0 aliphatic carbocycles. The second-order valence-corrected chi connectivity index (χ2v) is 7.77. The summed E-state index contributed by atoms with van der Waals surface area (Å²) in [6, 6.07) is 15.1. The maximum atomic E-state index is 12.3. The molecule has 0 saturated carbocycles. The van der Waals surface area contributed by atoms with Crippen LogP contribution in [0, 0.1) is 5.92 Å². The molecular weight excluding hydrogens is 382 g/mol. The molecule has 1 fully saturated rings. The van der Waals surface area contributed by atoms with E-state index >= 15 is 0 Å². The van der Waals surface area contributed by atoms with Crippen molar-refractivity contribution in [2.75, 3.05) is 38.2 Å². The number of imide groups is 1. The average molecular weight is 409 g/mol. The monoisotopic (exact) mass is 409 g/mol. The lowest BCUT2D eigenvalue weighted by molar-refractivity contribution is -0.121. The van der Waals surface area contributed by atoms with Crippen molar-refractivity contribution in [3.63, 3.8) is 0 Å². The quantitative estimate of drug-likeness (QED) is 0.793. The summed E-state index contributed by atoms with van der Waals surface area (Å²) in [7, 11) is 0. The summed E-state index contributed by atoms with van der Waals surface area (Å²) in [6.45, 7) is 2.96. The molecule has 0 bridgehead atoms. The molecule has 4 rings (SSSR count). The number of nitrogens with one attached hydrogen (secondary N) is 2. The molecule has 3 amide bonds. The molecule has 2 aromatic carbocycles. The van der Waals surface area contributed by atoms with Gasteiger partial charge in [-0.05, 0) is 56.0 Å². The number of carbonyl (C=O) groups is 2. The first-order chi connectivity index (χ1) is 14.7. The molecule has 0 radical (unpaired) electrons. The van der Waals surface area contributed by atoms with E-state index in [4.69, 9.17) is 9.47 Å². The van der Waals surface area contributed by atoms with Crippen LogP contribution in [-0.2, 0) is 11.2 Å². The van der Waals surface area contributed by atoms with Crippen molar-refractivity contribution < 1.29 is 19.1 Å². The largest absolute Gasteiger partial charge is 0.486 e. The van der Waals surface area contributed by atoms with E-state index < -0.39 is 6.03 Å². The van der Waals surface area contributed by atoms with Crippen LogP contribution in [0.2, 0.25) is 0 Å². The van der Waals surface area contributed by atoms with E-state index in [1.807, 2.05) is 6.07 Å². The number of amides is 3. The van der Waals surface area contributed by atoms with E-state index in [-0.39, 0.29) is 12.5 Å². The van der Waals surface area contributed by atoms with Crippen molar-refractivity contribution in [1.29, 1.82) is 0 Å². The SMILES string of the molecule is O=C(CN1CCC(Cc2ccccc2)CC1)NC(=O)Nc1ccc2c(c1)OCCO2. The number of anilines is 1. The summed E-state index contributed by atoms with van der Waals surface area (Å²) in [6.07, 6.45) is 3.20. The second-order valence-electron chi connectivity index (χ2n) is 7.77. The minimum atomic E-state index is -0.546. The van der Waals surface area contributed by atoms with Crippen LogP contribution in [0.3, 0.4) is 0 Å². The van der Waals surface area contributed by atoms with Crippen molar-refractivity contribution in [3.05, 3.63) is 54.1 Å². The molecule has 7 nitrogen and oxygen atoms in total. The zero-order valence-electron chi connectivity index (χ0n) is 16.9. The lowest BCUT2D eigenvalue weighted by Gasteiger charge is -2.31. The van der Waals surface area contributed by atoms with Crippen LogP contribution in [0.4, 0.5) is 10.5 Å². The summed E-state index contributed by atoms with van der Waals surface area (Å²) in [5, 5.41) is 5.07. The van der Waals surface area contributed by atoms with E-state index in [0.29, 0.717) is 36.3 Å². The molecule has 30 heavy (non-hydrogen) atoms. The number of hydrogen-bond donors (Lipinski definition) is 2. The topological polar surface area (TPSA) is 79.9 Å². The summed E-state index contributed by atoms with van der Waals surface area (Å²) in [4.78, 5) is 26.5. The molecular formula is C23H27N3O4. The minimum absolute atomic E-state index is 0.229. The highest BCUT2D eigenvalue weighted by Crippen LogP contribution is 2.32. The molecule has 2 aromatic rings. The highest BCUT2D eigenvalue weighted by Gasteiger charge is 2.22. The lowest BCUT2D eigenvalue weighted by Crippen LogP contribution is -2.44. The van der Waals surface area contributed by atoms with Crippen molar-refractivity contribution in [2.45, 2.75) is 19.3 Å². The maximum absolute atomic E-state index is 12.3. The van der Waals surface area contributed by atoms with Gasteiger partial charge in [-0.1, -0.05) is 30.3 Å². The van der Waals surface area contributed by atoms with Crippen LogP contribution in [0.5, 0.6) is 11.5 Å². The fourth-order valence-corrected chi connectivity index (χ4v) is 3.95. The molecule has 1 saturated heterocycles. The summed E-state index contributed by atoms with van der Waals surface area (Å²) in [5.74, 6) is 1.58. The van der Waals surface area contributed by atoms with Crippen LogP contribution in [0.1, 0.15) is 18.4 Å². The van der Waals surface area contributed by atoms with Crippen molar-refractivity contribution in [1.82, 2.24) is 10.2 Å². The normalized spacial score (nSPS) is 16.7. The lowest BCUT2D eigenvalue weighted by atomic mass is 9.90. The molecule has 2 aliphatic heterocycles. The molecule has 7 heteroatoms. The van der Waals surface area contributed by atoms with Crippen molar-refractivity contribution >= 4 is 17.6 Å². The predicted molar refractivity (Wildman–Crippen MR) is 114 cm³/mol. The van der Waals surface area contributed by atoms with Gasteiger partial charge in [0.05, 0.1) is 6.54 Å². The van der Waals surface area contributed by atoms with Crippen LogP contribution in [-0.4, -0.2) is 49.7 Å².